The first-order valence-electron chi connectivity index (χ1n) is 8.92. The lowest BCUT2D eigenvalue weighted by Gasteiger charge is -2.11. The Kier molecular flexibility index (Phi) is 6.10. The quantitative estimate of drug-likeness (QED) is 0.533. The zero-order valence-electron chi connectivity index (χ0n) is 16.2. The summed E-state index contributed by atoms with van der Waals surface area (Å²) in [5, 5.41) is 5.01. The number of nitrogens with one attached hydrogen (secondary N) is 2. The van der Waals surface area contributed by atoms with E-state index in [0.717, 1.165) is 24.3 Å². The highest BCUT2D eigenvalue weighted by Crippen LogP contribution is 2.30. The van der Waals surface area contributed by atoms with Gasteiger partial charge in [-0.05, 0) is 55.5 Å². The largest absolute Gasteiger partial charge is 0.457 e. The molecule has 0 bridgehead atoms. The van der Waals surface area contributed by atoms with Gasteiger partial charge in [0.15, 0.2) is 0 Å². The van der Waals surface area contributed by atoms with Crippen molar-refractivity contribution in [2.24, 2.45) is 5.73 Å². The van der Waals surface area contributed by atoms with Crippen molar-refractivity contribution in [1.29, 1.82) is 0 Å². The number of pyridine rings is 1. The third-order valence-corrected chi connectivity index (χ3v) is 4.00. The molecule has 2 aromatic carbocycles. The van der Waals surface area contributed by atoms with E-state index in [1.54, 1.807) is 37.3 Å². The fourth-order valence-corrected chi connectivity index (χ4v) is 2.60. The maximum Gasteiger partial charge on any atom is 0.416 e. The first kappa shape index (κ1) is 21.6. The molecule has 0 unspecified atom stereocenters. The Hall–Kier alpha value is -4.08. The average molecular weight is 430 g/mol. The van der Waals surface area contributed by atoms with Crippen LogP contribution in [0.1, 0.15) is 21.7 Å². The summed E-state index contributed by atoms with van der Waals surface area (Å²) in [6.07, 6.45) is -4.44. The van der Waals surface area contributed by atoms with Gasteiger partial charge in [0.05, 0.1) is 5.56 Å². The number of carbonyl (C=O) groups excluding carboxylic acids is 2. The normalized spacial score (nSPS) is 11.0. The lowest BCUT2D eigenvalue weighted by Crippen LogP contribution is -2.19. The maximum absolute atomic E-state index is 12.6. The molecule has 0 aliphatic carbocycles. The Morgan fingerprint density at radius 2 is 1.45 bits per heavy atom. The minimum absolute atomic E-state index is 0.0771. The molecule has 0 radical (unpaired) electrons. The van der Waals surface area contributed by atoms with E-state index in [1.807, 2.05) is 0 Å². The first-order chi connectivity index (χ1) is 14.6. The van der Waals surface area contributed by atoms with E-state index >= 15 is 0 Å². The molecule has 0 saturated heterocycles. The molecule has 0 aliphatic heterocycles. The molecule has 0 atom stereocenters. The van der Waals surface area contributed by atoms with E-state index < -0.39 is 23.7 Å². The van der Waals surface area contributed by atoms with Gasteiger partial charge >= 0.3 is 12.2 Å². The van der Waals surface area contributed by atoms with Crippen LogP contribution in [0.5, 0.6) is 11.5 Å². The molecular formula is C21H17F3N4O3. The van der Waals surface area contributed by atoms with Gasteiger partial charge in [0.2, 0.25) is 0 Å². The van der Waals surface area contributed by atoms with E-state index in [0.29, 0.717) is 22.9 Å². The summed E-state index contributed by atoms with van der Waals surface area (Å²) in [5.74, 6) is 0.143. The Morgan fingerprint density at radius 3 is 1.97 bits per heavy atom. The number of rotatable bonds is 5. The standard InChI is InChI=1S/C21H17F3N4O3/c1-12-10-17(11-18(26-12)19(25)29)31-16-8-6-15(7-9-16)28-20(30)27-14-4-2-13(3-5-14)21(22,23)24/h2-11H,1H3,(H2,25,29)(H2,27,28,30). The third kappa shape index (κ3) is 5.95. The molecule has 31 heavy (non-hydrogen) atoms. The number of benzene rings is 2. The molecule has 0 spiro atoms. The third-order valence-electron chi connectivity index (χ3n) is 4.00. The summed E-state index contributed by atoms with van der Waals surface area (Å²) >= 11 is 0. The van der Waals surface area contributed by atoms with Crippen LogP contribution in [-0.2, 0) is 6.18 Å². The van der Waals surface area contributed by atoms with Crippen molar-refractivity contribution < 1.29 is 27.5 Å². The van der Waals surface area contributed by atoms with Crippen molar-refractivity contribution in [3.63, 3.8) is 0 Å². The topological polar surface area (TPSA) is 106 Å². The number of hydrogen-bond donors (Lipinski definition) is 3. The zero-order valence-corrected chi connectivity index (χ0v) is 16.2. The summed E-state index contributed by atoms with van der Waals surface area (Å²) in [5.41, 5.74) is 5.71. The second-order valence-corrected chi connectivity index (χ2v) is 6.47. The first-order valence-corrected chi connectivity index (χ1v) is 8.92. The van der Waals surface area contributed by atoms with Crippen LogP contribution in [-0.4, -0.2) is 16.9 Å². The Bertz CT molecular complexity index is 1100. The number of nitrogens with two attached hydrogens (primary N) is 1. The number of halogens is 3. The van der Waals surface area contributed by atoms with E-state index in [9.17, 15) is 22.8 Å². The number of ether oxygens (including phenoxy) is 1. The number of hydrogen-bond acceptors (Lipinski definition) is 4. The summed E-state index contributed by atoms with van der Waals surface area (Å²) < 4.78 is 43.4. The number of carbonyl (C=O) groups is 2. The molecular weight excluding hydrogens is 413 g/mol. The monoisotopic (exact) mass is 430 g/mol. The van der Waals surface area contributed by atoms with Gasteiger partial charge in [-0.15, -0.1) is 0 Å². The van der Waals surface area contributed by atoms with Crippen molar-refractivity contribution in [2.45, 2.75) is 13.1 Å². The minimum Gasteiger partial charge on any atom is -0.457 e. The number of nitrogens with zero attached hydrogens (tertiary/aromatic N) is 1. The molecule has 0 saturated carbocycles. The van der Waals surface area contributed by atoms with Gasteiger partial charge in [-0.3, -0.25) is 4.79 Å². The summed E-state index contributed by atoms with van der Waals surface area (Å²) in [6.45, 7) is 1.70. The molecule has 0 aliphatic rings. The number of primary amides is 1. The van der Waals surface area contributed by atoms with E-state index in [4.69, 9.17) is 10.5 Å². The Morgan fingerprint density at radius 1 is 0.903 bits per heavy atom. The molecule has 0 fully saturated rings. The van der Waals surface area contributed by atoms with Crippen LogP contribution in [0.2, 0.25) is 0 Å². The van der Waals surface area contributed by atoms with Crippen LogP contribution >= 0.6 is 0 Å². The smallest absolute Gasteiger partial charge is 0.416 e. The van der Waals surface area contributed by atoms with E-state index in [2.05, 4.69) is 15.6 Å². The number of aromatic nitrogens is 1. The highest BCUT2D eigenvalue weighted by atomic mass is 19.4. The predicted octanol–water partition coefficient (Wildman–Crippen LogP) is 4.94. The fourth-order valence-electron chi connectivity index (χ4n) is 2.60. The zero-order chi connectivity index (χ0) is 22.6. The number of anilines is 2. The van der Waals surface area contributed by atoms with Crippen LogP contribution in [0.3, 0.4) is 0 Å². The molecule has 1 aromatic heterocycles. The van der Waals surface area contributed by atoms with Gasteiger partial charge in [0, 0.05) is 29.2 Å². The number of urea groups is 1. The lowest BCUT2D eigenvalue weighted by molar-refractivity contribution is -0.137. The SMILES string of the molecule is Cc1cc(Oc2ccc(NC(=O)Nc3ccc(C(F)(F)F)cc3)cc2)cc(C(N)=O)n1. The fraction of sp³-hybridized carbons (Fsp3) is 0.0952. The van der Waals surface area contributed by atoms with Gasteiger partial charge in [0.25, 0.3) is 5.91 Å². The molecule has 4 N–H and O–H groups in total. The summed E-state index contributed by atoms with van der Waals surface area (Å²) in [4.78, 5) is 27.4. The molecule has 3 aromatic rings. The van der Waals surface area contributed by atoms with E-state index in [1.165, 1.54) is 6.07 Å². The highest BCUT2D eigenvalue weighted by Gasteiger charge is 2.29. The van der Waals surface area contributed by atoms with Crippen LogP contribution in [0.4, 0.5) is 29.3 Å². The number of amides is 3. The van der Waals surface area contributed by atoms with Gasteiger partial charge in [-0.25, -0.2) is 9.78 Å². The van der Waals surface area contributed by atoms with Crippen LogP contribution in [0.15, 0.2) is 60.7 Å². The van der Waals surface area contributed by atoms with Crippen molar-refractivity contribution in [3.8, 4) is 11.5 Å². The number of aryl methyl sites for hydroxylation is 1. The van der Waals surface area contributed by atoms with E-state index in [-0.39, 0.29) is 11.4 Å². The lowest BCUT2D eigenvalue weighted by atomic mass is 10.2. The Labute approximate surface area is 175 Å². The molecule has 10 heteroatoms. The molecule has 3 rings (SSSR count). The Balaban J connectivity index is 1.60. The van der Waals surface area contributed by atoms with Gasteiger partial charge in [0.1, 0.15) is 17.2 Å². The highest BCUT2D eigenvalue weighted by molar-refractivity contribution is 5.99. The van der Waals surface area contributed by atoms with Crippen molar-refractivity contribution >= 4 is 23.3 Å². The van der Waals surface area contributed by atoms with Crippen LogP contribution in [0, 0.1) is 6.92 Å². The van der Waals surface area contributed by atoms with Gasteiger partial charge in [-0.1, -0.05) is 0 Å². The van der Waals surface area contributed by atoms with Crippen molar-refractivity contribution in [1.82, 2.24) is 4.98 Å². The van der Waals surface area contributed by atoms with Crippen molar-refractivity contribution in [3.05, 3.63) is 77.6 Å². The predicted molar refractivity (Wildman–Crippen MR) is 108 cm³/mol. The average Bonchev–Trinajstić information content (AvgIpc) is 2.68. The molecule has 3 amide bonds. The molecule has 160 valence electrons. The molecule has 7 nitrogen and oxygen atoms in total. The second-order valence-electron chi connectivity index (χ2n) is 6.47. The van der Waals surface area contributed by atoms with Crippen LogP contribution < -0.4 is 21.1 Å². The van der Waals surface area contributed by atoms with Gasteiger partial charge < -0.3 is 21.1 Å². The summed E-state index contributed by atoms with van der Waals surface area (Å²) in [7, 11) is 0. The minimum atomic E-state index is -4.44. The summed E-state index contributed by atoms with van der Waals surface area (Å²) in [6, 6.07) is 12.8. The van der Waals surface area contributed by atoms with Crippen LogP contribution in [0.25, 0.3) is 0 Å². The molecule has 1 heterocycles. The second kappa shape index (κ2) is 8.74. The maximum atomic E-state index is 12.6. The number of alkyl halides is 3. The van der Waals surface area contributed by atoms with Crippen molar-refractivity contribution in [2.75, 3.05) is 10.6 Å². The van der Waals surface area contributed by atoms with Gasteiger partial charge in [-0.2, -0.15) is 13.2 Å².